The normalized spacial score (nSPS) is 11.4. The van der Waals surface area contributed by atoms with Crippen LogP contribution in [-0.2, 0) is 9.59 Å². The molecule has 0 bridgehead atoms. The highest BCUT2D eigenvalue weighted by molar-refractivity contribution is 5.66. The summed E-state index contributed by atoms with van der Waals surface area (Å²) in [5.41, 5.74) is 0. The first-order valence-corrected chi connectivity index (χ1v) is 7.99. The van der Waals surface area contributed by atoms with Gasteiger partial charge in [-0.05, 0) is 12.8 Å². The predicted molar refractivity (Wildman–Crippen MR) is 83.4 cm³/mol. The Bertz CT molecular complexity index is 249. The van der Waals surface area contributed by atoms with Crippen LogP contribution in [0.1, 0.15) is 84.5 Å². The Balaban J connectivity index is 0. The molecular formula is C16H32O5. The second-order valence-electron chi connectivity index (χ2n) is 5.37. The molecule has 0 saturated carbocycles. The van der Waals surface area contributed by atoms with Crippen molar-refractivity contribution in [3.63, 3.8) is 0 Å². The van der Waals surface area contributed by atoms with E-state index in [-0.39, 0.29) is 6.42 Å². The zero-order valence-electron chi connectivity index (χ0n) is 13.5. The Kier molecular flexibility index (Phi) is 17.9. The molecule has 0 aliphatic carbocycles. The molecule has 0 aromatic heterocycles. The standard InChI is InChI=1S/C14H28O3.C2H4O2/c1-2-3-4-5-6-7-8-9-10-13(15)11-12-14(16)17;1-2(3)4/h13,15H,2-12H2,1H3,(H,16,17);1H3,(H,3,4). The Morgan fingerprint density at radius 2 is 1.29 bits per heavy atom. The first-order valence-electron chi connectivity index (χ1n) is 7.99. The van der Waals surface area contributed by atoms with Gasteiger partial charge in [0.25, 0.3) is 5.97 Å². The number of aliphatic hydroxyl groups excluding tert-OH is 1. The molecule has 0 radical (unpaired) electrons. The van der Waals surface area contributed by atoms with E-state index in [0.29, 0.717) is 6.42 Å². The Morgan fingerprint density at radius 3 is 1.71 bits per heavy atom. The predicted octanol–water partition coefficient (Wildman–Crippen LogP) is 3.83. The molecule has 0 aromatic rings. The molecule has 0 rings (SSSR count). The number of rotatable bonds is 12. The van der Waals surface area contributed by atoms with Crippen LogP contribution < -0.4 is 0 Å². The highest BCUT2D eigenvalue weighted by Crippen LogP contribution is 2.12. The topological polar surface area (TPSA) is 94.8 Å². The van der Waals surface area contributed by atoms with Crippen LogP contribution in [0, 0.1) is 0 Å². The van der Waals surface area contributed by atoms with Crippen molar-refractivity contribution in [2.45, 2.75) is 90.6 Å². The molecule has 0 spiro atoms. The van der Waals surface area contributed by atoms with Crippen molar-refractivity contribution in [2.75, 3.05) is 0 Å². The summed E-state index contributed by atoms with van der Waals surface area (Å²) in [5, 5.41) is 25.4. The van der Waals surface area contributed by atoms with Crippen LogP contribution >= 0.6 is 0 Å². The largest absolute Gasteiger partial charge is 0.481 e. The maximum absolute atomic E-state index is 10.3. The molecule has 21 heavy (non-hydrogen) atoms. The van der Waals surface area contributed by atoms with Crippen LogP contribution in [0.15, 0.2) is 0 Å². The fourth-order valence-electron chi connectivity index (χ4n) is 1.95. The average Bonchev–Trinajstić information content (AvgIpc) is 2.39. The summed E-state index contributed by atoms with van der Waals surface area (Å²) < 4.78 is 0. The van der Waals surface area contributed by atoms with Crippen molar-refractivity contribution >= 4 is 11.9 Å². The molecule has 5 heteroatoms. The third-order valence-corrected chi connectivity index (χ3v) is 3.08. The summed E-state index contributed by atoms with van der Waals surface area (Å²) in [7, 11) is 0. The molecule has 1 unspecified atom stereocenters. The van der Waals surface area contributed by atoms with Crippen molar-refractivity contribution in [1.82, 2.24) is 0 Å². The molecule has 0 aliphatic heterocycles. The second kappa shape index (κ2) is 17.0. The lowest BCUT2D eigenvalue weighted by Crippen LogP contribution is -2.09. The lowest BCUT2D eigenvalue weighted by atomic mass is 10.0. The highest BCUT2D eigenvalue weighted by Gasteiger charge is 2.06. The lowest BCUT2D eigenvalue weighted by molar-refractivity contribution is -0.137. The molecule has 0 amide bonds. The van der Waals surface area contributed by atoms with Crippen molar-refractivity contribution in [1.29, 1.82) is 0 Å². The molecule has 0 aliphatic rings. The van der Waals surface area contributed by atoms with Gasteiger partial charge >= 0.3 is 5.97 Å². The SMILES string of the molecule is CC(=O)O.CCCCCCCCCCC(O)CCC(=O)O. The Labute approximate surface area is 128 Å². The first kappa shape index (κ1) is 22.2. The highest BCUT2D eigenvalue weighted by atomic mass is 16.4. The fraction of sp³-hybridized carbons (Fsp3) is 0.875. The van der Waals surface area contributed by atoms with E-state index in [1.807, 2.05) is 0 Å². The average molecular weight is 304 g/mol. The minimum Gasteiger partial charge on any atom is -0.481 e. The smallest absolute Gasteiger partial charge is 0.303 e. The van der Waals surface area contributed by atoms with Gasteiger partial charge in [-0.2, -0.15) is 0 Å². The summed E-state index contributed by atoms with van der Waals surface area (Å²) in [5.74, 6) is -1.65. The molecule has 126 valence electrons. The van der Waals surface area contributed by atoms with E-state index in [1.165, 1.54) is 38.5 Å². The molecule has 0 saturated heterocycles. The van der Waals surface area contributed by atoms with Crippen LogP contribution in [0.3, 0.4) is 0 Å². The number of aliphatic carboxylic acids is 2. The van der Waals surface area contributed by atoms with Crippen molar-refractivity contribution in [3.05, 3.63) is 0 Å². The minimum absolute atomic E-state index is 0.0815. The van der Waals surface area contributed by atoms with Gasteiger partial charge in [-0.25, -0.2) is 0 Å². The van der Waals surface area contributed by atoms with E-state index in [1.54, 1.807) is 0 Å². The van der Waals surface area contributed by atoms with Gasteiger partial charge in [0.15, 0.2) is 0 Å². The van der Waals surface area contributed by atoms with Gasteiger partial charge in [0.2, 0.25) is 0 Å². The quantitative estimate of drug-likeness (QED) is 0.476. The maximum atomic E-state index is 10.3. The monoisotopic (exact) mass is 304 g/mol. The van der Waals surface area contributed by atoms with Crippen LogP contribution in [0.4, 0.5) is 0 Å². The van der Waals surface area contributed by atoms with Gasteiger partial charge in [0, 0.05) is 13.3 Å². The van der Waals surface area contributed by atoms with Gasteiger partial charge in [-0.1, -0.05) is 58.3 Å². The van der Waals surface area contributed by atoms with Gasteiger partial charge in [0.05, 0.1) is 6.10 Å². The van der Waals surface area contributed by atoms with E-state index < -0.39 is 18.0 Å². The van der Waals surface area contributed by atoms with E-state index in [4.69, 9.17) is 15.0 Å². The van der Waals surface area contributed by atoms with Crippen molar-refractivity contribution in [3.8, 4) is 0 Å². The van der Waals surface area contributed by atoms with Crippen molar-refractivity contribution in [2.24, 2.45) is 0 Å². The van der Waals surface area contributed by atoms with Gasteiger partial charge in [-0.3, -0.25) is 9.59 Å². The molecule has 0 aromatic carbocycles. The van der Waals surface area contributed by atoms with Crippen LogP contribution in [0.2, 0.25) is 0 Å². The molecule has 5 nitrogen and oxygen atoms in total. The number of hydrogen-bond donors (Lipinski definition) is 3. The Morgan fingerprint density at radius 1 is 0.857 bits per heavy atom. The number of carboxylic acid groups (broad SMARTS) is 2. The zero-order valence-corrected chi connectivity index (χ0v) is 13.5. The number of unbranched alkanes of at least 4 members (excludes halogenated alkanes) is 7. The van der Waals surface area contributed by atoms with E-state index in [0.717, 1.165) is 26.2 Å². The minimum atomic E-state index is -0.833. The summed E-state index contributed by atoms with van der Waals surface area (Å²) in [6.45, 7) is 3.30. The fourth-order valence-corrected chi connectivity index (χ4v) is 1.95. The molecule has 1 atom stereocenters. The number of aliphatic hydroxyl groups is 1. The van der Waals surface area contributed by atoms with Gasteiger partial charge < -0.3 is 15.3 Å². The molecular weight excluding hydrogens is 272 g/mol. The van der Waals surface area contributed by atoms with Crippen LogP contribution in [0.25, 0.3) is 0 Å². The van der Waals surface area contributed by atoms with Crippen LogP contribution in [0.5, 0.6) is 0 Å². The third-order valence-electron chi connectivity index (χ3n) is 3.08. The molecule has 3 N–H and O–H groups in total. The third kappa shape index (κ3) is 27.9. The Hall–Kier alpha value is -1.10. The molecule has 0 fully saturated rings. The number of hydrogen-bond acceptors (Lipinski definition) is 3. The summed E-state index contributed by atoms with van der Waals surface area (Å²) in [4.78, 5) is 19.3. The van der Waals surface area contributed by atoms with Gasteiger partial charge in [-0.15, -0.1) is 0 Å². The van der Waals surface area contributed by atoms with Gasteiger partial charge in [0.1, 0.15) is 0 Å². The van der Waals surface area contributed by atoms with E-state index in [9.17, 15) is 9.90 Å². The number of carbonyl (C=O) groups is 2. The first-order chi connectivity index (χ1) is 9.90. The summed E-state index contributed by atoms with van der Waals surface area (Å²) >= 11 is 0. The van der Waals surface area contributed by atoms with E-state index >= 15 is 0 Å². The zero-order chi connectivity index (χ0) is 16.5. The number of carboxylic acids is 2. The maximum Gasteiger partial charge on any atom is 0.303 e. The van der Waals surface area contributed by atoms with Crippen LogP contribution in [-0.4, -0.2) is 33.4 Å². The summed E-state index contributed by atoms with van der Waals surface area (Å²) in [6, 6.07) is 0. The second-order valence-corrected chi connectivity index (χ2v) is 5.37. The lowest BCUT2D eigenvalue weighted by Gasteiger charge is -2.08. The molecule has 0 heterocycles. The summed E-state index contributed by atoms with van der Waals surface area (Å²) in [6.07, 6.45) is 10.8. The van der Waals surface area contributed by atoms with Crippen molar-refractivity contribution < 1.29 is 24.9 Å². The van der Waals surface area contributed by atoms with E-state index in [2.05, 4.69) is 6.92 Å².